The third-order valence-electron chi connectivity index (χ3n) is 6.42. The lowest BCUT2D eigenvalue weighted by Crippen LogP contribution is -2.39. The second-order valence-corrected chi connectivity index (χ2v) is 10.7. The standard InChI is InChI=1S/C24H30N7O6P/c1-15(31(35-2)18-6-4-3-5-7-18)23(32)37-38(33,34)36-13-16-8-11-19(12-16)30-14-26-20-21(27-17-9-10-17)28-24(25)29-22(20)30/h3-8,11,14-17,19H,9-10,12-13H2,1-2H3,(H,33,34)(H3,25,27,28,29)/t15-,16+,19-/m0/s1. The largest absolute Gasteiger partial charge is 0.529 e. The number of nitrogen functional groups attached to an aromatic ring is 1. The molecule has 4 N–H and O–H groups in total. The van der Waals surface area contributed by atoms with Gasteiger partial charge in [0.05, 0.1) is 31.8 Å². The van der Waals surface area contributed by atoms with Crippen molar-refractivity contribution in [2.45, 2.75) is 44.3 Å². The highest BCUT2D eigenvalue weighted by Crippen LogP contribution is 2.45. The van der Waals surface area contributed by atoms with Crippen molar-refractivity contribution < 1.29 is 28.1 Å². The van der Waals surface area contributed by atoms with Gasteiger partial charge in [0.15, 0.2) is 23.0 Å². The Hall–Kier alpha value is -3.51. The fraction of sp³-hybridized carbons (Fsp3) is 0.417. The Balaban J connectivity index is 1.18. The highest BCUT2D eigenvalue weighted by molar-refractivity contribution is 7.48. The number of hydrogen-bond donors (Lipinski definition) is 3. The maximum absolute atomic E-state index is 12.6. The van der Waals surface area contributed by atoms with Gasteiger partial charge in [0.2, 0.25) is 5.95 Å². The molecule has 0 bridgehead atoms. The van der Waals surface area contributed by atoms with Crippen LogP contribution in [0.15, 0.2) is 48.8 Å². The molecule has 2 heterocycles. The maximum Gasteiger partial charge on any atom is 0.529 e. The summed E-state index contributed by atoms with van der Waals surface area (Å²) >= 11 is 0. The molecule has 0 radical (unpaired) electrons. The number of nitrogens with two attached hydrogens (primary N) is 1. The van der Waals surface area contributed by atoms with Crippen LogP contribution < -0.4 is 16.1 Å². The highest BCUT2D eigenvalue weighted by atomic mass is 31.2. The van der Waals surface area contributed by atoms with E-state index < -0.39 is 19.8 Å². The second-order valence-electron chi connectivity index (χ2n) is 9.32. The first kappa shape index (κ1) is 26.1. The number of rotatable bonds is 11. The minimum Gasteiger partial charge on any atom is -0.369 e. The van der Waals surface area contributed by atoms with E-state index in [1.807, 2.05) is 22.8 Å². The number of benzene rings is 1. The molecule has 4 atom stereocenters. The van der Waals surface area contributed by atoms with Gasteiger partial charge in [-0.05, 0) is 38.3 Å². The van der Waals surface area contributed by atoms with Crippen LogP contribution in [-0.4, -0.2) is 56.2 Å². The van der Waals surface area contributed by atoms with E-state index in [-0.39, 0.29) is 24.5 Å². The molecule has 1 fully saturated rings. The van der Waals surface area contributed by atoms with Gasteiger partial charge in [-0.25, -0.2) is 19.4 Å². The zero-order chi connectivity index (χ0) is 26.9. The second kappa shape index (κ2) is 10.7. The normalized spacial score (nSPS) is 21.2. The lowest BCUT2D eigenvalue weighted by Gasteiger charge is -2.27. The minimum atomic E-state index is -4.67. The molecule has 1 aromatic carbocycles. The monoisotopic (exact) mass is 543 g/mol. The molecule has 2 aromatic heterocycles. The molecule has 2 aliphatic rings. The summed E-state index contributed by atoms with van der Waals surface area (Å²) in [6.07, 6.45) is 8.25. The van der Waals surface area contributed by atoms with Crippen LogP contribution in [0.4, 0.5) is 17.5 Å². The van der Waals surface area contributed by atoms with Gasteiger partial charge in [-0.2, -0.15) is 9.97 Å². The average Bonchev–Trinajstić information content (AvgIpc) is 3.40. The fourth-order valence-electron chi connectivity index (χ4n) is 4.34. The lowest BCUT2D eigenvalue weighted by atomic mass is 10.1. The maximum atomic E-state index is 12.6. The van der Waals surface area contributed by atoms with Crippen molar-refractivity contribution in [1.29, 1.82) is 0 Å². The van der Waals surface area contributed by atoms with Gasteiger partial charge in [-0.1, -0.05) is 30.4 Å². The summed E-state index contributed by atoms with van der Waals surface area (Å²) in [5, 5.41) is 4.62. The number of phosphoric acid groups is 1. The third kappa shape index (κ3) is 5.81. The van der Waals surface area contributed by atoms with E-state index in [0.29, 0.717) is 35.1 Å². The molecular weight excluding hydrogens is 513 g/mol. The number of fused-ring (bicyclic) bond motifs is 1. The van der Waals surface area contributed by atoms with Crippen molar-refractivity contribution in [1.82, 2.24) is 19.5 Å². The number of carbonyl (C=O) groups excluding carboxylic acids is 1. The summed E-state index contributed by atoms with van der Waals surface area (Å²) in [5.41, 5.74) is 7.77. The predicted octanol–water partition coefficient (Wildman–Crippen LogP) is 3.22. The summed E-state index contributed by atoms with van der Waals surface area (Å²) in [4.78, 5) is 41.2. The van der Waals surface area contributed by atoms with Crippen molar-refractivity contribution in [3.63, 3.8) is 0 Å². The molecule has 0 amide bonds. The van der Waals surface area contributed by atoms with E-state index in [9.17, 15) is 14.3 Å². The molecule has 13 nitrogen and oxygen atoms in total. The molecule has 3 aromatic rings. The number of hydroxylamine groups is 1. The molecule has 1 saturated carbocycles. The number of anilines is 3. The Kier molecular flexibility index (Phi) is 7.35. The van der Waals surface area contributed by atoms with Gasteiger partial charge < -0.3 is 20.1 Å². The van der Waals surface area contributed by atoms with Gasteiger partial charge in [-0.3, -0.25) is 14.3 Å². The topological polar surface area (TPSA) is 167 Å². The first-order valence-electron chi connectivity index (χ1n) is 12.3. The molecule has 0 aliphatic heterocycles. The number of nitrogens with one attached hydrogen (secondary N) is 1. The smallest absolute Gasteiger partial charge is 0.369 e. The van der Waals surface area contributed by atoms with Gasteiger partial charge in [0.1, 0.15) is 0 Å². The summed E-state index contributed by atoms with van der Waals surface area (Å²) in [5.74, 6) is -0.385. The molecule has 38 heavy (non-hydrogen) atoms. The minimum absolute atomic E-state index is 0.113. The van der Waals surface area contributed by atoms with Crippen LogP contribution in [0.25, 0.3) is 11.2 Å². The molecule has 2 aliphatic carbocycles. The van der Waals surface area contributed by atoms with E-state index in [1.54, 1.807) is 30.6 Å². The molecule has 5 rings (SSSR count). The van der Waals surface area contributed by atoms with Gasteiger partial charge in [0.25, 0.3) is 0 Å². The van der Waals surface area contributed by atoms with Crippen molar-refractivity contribution in [2.75, 3.05) is 29.8 Å². The molecule has 1 unspecified atom stereocenters. The Morgan fingerprint density at radius 1 is 1.29 bits per heavy atom. The number of nitrogens with zero attached hydrogens (tertiary/aromatic N) is 5. The van der Waals surface area contributed by atoms with Gasteiger partial charge >= 0.3 is 13.8 Å². The number of allylic oxidation sites excluding steroid dienone is 1. The molecular formula is C24H30N7O6P. The SMILES string of the molecule is CON(c1ccccc1)[C@@H](C)C(=O)OP(=O)(O)OC[C@@H]1C=C[C@H](n2cnc3c(NC4CC4)nc(N)nc32)C1. The fourth-order valence-corrected chi connectivity index (χ4v) is 5.16. The first-order chi connectivity index (χ1) is 18.2. The Labute approximate surface area is 219 Å². The van der Waals surface area contributed by atoms with Crippen LogP contribution in [0, 0.1) is 5.92 Å². The number of aromatic nitrogens is 4. The highest BCUT2D eigenvalue weighted by Gasteiger charge is 2.34. The Bertz CT molecular complexity index is 1380. The van der Waals surface area contributed by atoms with Crippen molar-refractivity contribution in [2.24, 2.45) is 5.92 Å². The number of carbonyl (C=O) groups is 1. The predicted molar refractivity (Wildman–Crippen MR) is 140 cm³/mol. The van der Waals surface area contributed by atoms with Crippen LogP contribution in [-0.2, 0) is 23.2 Å². The van der Waals surface area contributed by atoms with E-state index >= 15 is 0 Å². The van der Waals surface area contributed by atoms with Crippen molar-refractivity contribution >= 4 is 42.4 Å². The molecule has 14 heteroatoms. The Morgan fingerprint density at radius 2 is 2.05 bits per heavy atom. The summed E-state index contributed by atoms with van der Waals surface area (Å²) in [6, 6.07) is 8.12. The molecule has 202 valence electrons. The number of hydrogen-bond acceptors (Lipinski definition) is 11. The molecule has 0 spiro atoms. The number of para-hydroxylation sites is 1. The summed E-state index contributed by atoms with van der Waals surface area (Å²) in [7, 11) is -3.27. The van der Waals surface area contributed by atoms with Crippen LogP contribution in [0.5, 0.6) is 0 Å². The van der Waals surface area contributed by atoms with E-state index in [4.69, 9.17) is 19.6 Å². The zero-order valence-corrected chi connectivity index (χ0v) is 21.9. The number of imidazole rings is 1. The van der Waals surface area contributed by atoms with Gasteiger partial charge in [0, 0.05) is 12.0 Å². The average molecular weight is 544 g/mol. The van der Waals surface area contributed by atoms with Gasteiger partial charge in [-0.15, -0.1) is 0 Å². The summed E-state index contributed by atoms with van der Waals surface area (Å²) < 4.78 is 24.4. The first-order valence-corrected chi connectivity index (χ1v) is 13.8. The van der Waals surface area contributed by atoms with Crippen molar-refractivity contribution in [3.05, 3.63) is 48.8 Å². The van der Waals surface area contributed by atoms with E-state index in [0.717, 1.165) is 12.8 Å². The summed E-state index contributed by atoms with van der Waals surface area (Å²) in [6.45, 7) is 1.38. The zero-order valence-electron chi connectivity index (χ0n) is 21.0. The van der Waals surface area contributed by atoms with Crippen LogP contribution in [0.2, 0.25) is 0 Å². The quantitative estimate of drug-likeness (QED) is 0.184. The number of phosphoric ester groups is 1. The lowest BCUT2D eigenvalue weighted by molar-refractivity contribution is -0.139. The third-order valence-corrected chi connectivity index (χ3v) is 7.31. The van der Waals surface area contributed by atoms with Crippen LogP contribution >= 0.6 is 7.82 Å². The molecule has 0 saturated heterocycles. The van der Waals surface area contributed by atoms with Crippen LogP contribution in [0.3, 0.4) is 0 Å². The van der Waals surface area contributed by atoms with Crippen LogP contribution in [0.1, 0.15) is 32.2 Å². The van der Waals surface area contributed by atoms with E-state index in [1.165, 1.54) is 19.1 Å². The van der Waals surface area contributed by atoms with Crippen molar-refractivity contribution in [3.8, 4) is 0 Å². The Morgan fingerprint density at radius 3 is 2.76 bits per heavy atom. The van der Waals surface area contributed by atoms with E-state index in [2.05, 4.69) is 20.3 Å².